The van der Waals surface area contributed by atoms with Gasteiger partial charge in [-0.05, 0) is 70.1 Å². The first kappa shape index (κ1) is 20.4. The van der Waals surface area contributed by atoms with Gasteiger partial charge in [0.15, 0.2) is 0 Å². The first-order chi connectivity index (χ1) is 16.7. The van der Waals surface area contributed by atoms with Crippen LogP contribution in [0.25, 0.3) is 55.4 Å². The highest BCUT2D eigenvalue weighted by Gasteiger charge is 2.16. The van der Waals surface area contributed by atoms with Crippen LogP contribution >= 0.6 is 0 Å². The maximum atomic E-state index is 6.49. The molecule has 0 N–H and O–H groups in total. The number of nitrogens with zero attached hydrogens (tertiary/aromatic N) is 1. The molecule has 4 aromatic carbocycles. The lowest BCUT2D eigenvalue weighted by Crippen LogP contribution is -1.90. The maximum absolute atomic E-state index is 6.49. The zero-order valence-electron chi connectivity index (χ0n) is 19.3. The fraction of sp³-hybridized carbons (Fsp3) is 0.0938. The van der Waals surface area contributed by atoms with Gasteiger partial charge >= 0.3 is 0 Å². The van der Waals surface area contributed by atoms with Crippen molar-refractivity contribution in [3.05, 3.63) is 115 Å². The van der Waals surface area contributed by atoms with Gasteiger partial charge in [0.1, 0.15) is 11.2 Å². The summed E-state index contributed by atoms with van der Waals surface area (Å²) in [7, 11) is 0. The highest BCUT2D eigenvalue weighted by atomic mass is 16.3. The van der Waals surface area contributed by atoms with Crippen LogP contribution in [0.2, 0.25) is 0 Å². The zero-order valence-corrected chi connectivity index (χ0v) is 19.3. The van der Waals surface area contributed by atoms with Crippen molar-refractivity contribution in [2.24, 2.45) is 0 Å². The quantitative estimate of drug-likeness (QED) is 0.274. The summed E-state index contributed by atoms with van der Waals surface area (Å²) >= 11 is 0. The van der Waals surface area contributed by atoms with Gasteiger partial charge in [0.25, 0.3) is 0 Å². The van der Waals surface area contributed by atoms with E-state index in [0.29, 0.717) is 5.92 Å². The van der Waals surface area contributed by atoms with Crippen LogP contribution in [-0.4, -0.2) is 4.98 Å². The van der Waals surface area contributed by atoms with Crippen LogP contribution in [0.15, 0.2) is 114 Å². The van der Waals surface area contributed by atoms with Crippen LogP contribution in [0.1, 0.15) is 25.3 Å². The van der Waals surface area contributed by atoms with Crippen molar-refractivity contribution >= 4 is 21.9 Å². The van der Waals surface area contributed by atoms with Crippen LogP contribution in [0.5, 0.6) is 0 Å². The normalized spacial score (nSPS) is 11.5. The summed E-state index contributed by atoms with van der Waals surface area (Å²) in [6.45, 7) is 4.41. The summed E-state index contributed by atoms with van der Waals surface area (Å²) in [5.41, 5.74) is 9.80. The molecular formula is C32H25NO. The second-order valence-electron chi connectivity index (χ2n) is 9.07. The van der Waals surface area contributed by atoms with Crippen molar-refractivity contribution < 1.29 is 4.42 Å². The first-order valence-corrected chi connectivity index (χ1v) is 11.7. The molecule has 0 atom stereocenters. The van der Waals surface area contributed by atoms with E-state index in [9.17, 15) is 0 Å². The average Bonchev–Trinajstić information content (AvgIpc) is 3.27. The van der Waals surface area contributed by atoms with Gasteiger partial charge in [-0.15, -0.1) is 0 Å². The monoisotopic (exact) mass is 439 g/mol. The molecule has 0 unspecified atom stereocenters. The Labute approximate surface area is 199 Å². The number of hydrogen-bond acceptors (Lipinski definition) is 2. The molecule has 2 heteroatoms. The Bertz CT molecular complexity index is 1610. The molecule has 0 aliphatic carbocycles. The molecule has 0 fully saturated rings. The largest absolute Gasteiger partial charge is 0.456 e. The van der Waals surface area contributed by atoms with Gasteiger partial charge < -0.3 is 4.42 Å². The molecule has 0 bridgehead atoms. The van der Waals surface area contributed by atoms with E-state index >= 15 is 0 Å². The predicted octanol–water partition coefficient (Wildman–Crippen LogP) is 9.11. The summed E-state index contributed by atoms with van der Waals surface area (Å²) in [5, 5.41) is 2.27. The van der Waals surface area contributed by atoms with Crippen LogP contribution < -0.4 is 0 Å². The molecule has 6 rings (SSSR count). The fourth-order valence-corrected chi connectivity index (χ4v) is 4.67. The number of furan rings is 1. The molecule has 0 spiro atoms. The van der Waals surface area contributed by atoms with Gasteiger partial charge in [-0.25, -0.2) is 0 Å². The summed E-state index contributed by atoms with van der Waals surface area (Å²) in [5.74, 6) is 0.460. The molecule has 0 aliphatic heterocycles. The first-order valence-electron chi connectivity index (χ1n) is 11.7. The van der Waals surface area contributed by atoms with E-state index in [0.717, 1.165) is 38.8 Å². The van der Waals surface area contributed by atoms with Gasteiger partial charge in [0.05, 0.1) is 5.69 Å². The van der Waals surface area contributed by atoms with Gasteiger partial charge in [0, 0.05) is 22.5 Å². The summed E-state index contributed by atoms with van der Waals surface area (Å²) in [4.78, 5) is 4.63. The standard InChI is InChI=1S/C32H25NO/c1-21(2)24-15-16-33-29(18-24)25-13-14-27-30(19-25)34-31-20-26(22-9-5-3-6-10-22)17-28(32(27)31)23-11-7-4-8-12-23/h3-21H,1-2H3. The van der Waals surface area contributed by atoms with Gasteiger partial charge in [-0.1, -0.05) is 80.6 Å². The number of hydrogen-bond donors (Lipinski definition) is 0. The van der Waals surface area contributed by atoms with E-state index < -0.39 is 0 Å². The van der Waals surface area contributed by atoms with E-state index in [1.807, 2.05) is 12.3 Å². The third-order valence-corrected chi connectivity index (χ3v) is 6.51. The predicted molar refractivity (Wildman–Crippen MR) is 142 cm³/mol. The Kier molecular flexibility index (Phi) is 5.00. The van der Waals surface area contributed by atoms with Gasteiger partial charge in [-0.2, -0.15) is 0 Å². The highest BCUT2D eigenvalue weighted by molar-refractivity contribution is 6.14. The van der Waals surface area contributed by atoms with Gasteiger partial charge in [-0.3, -0.25) is 4.98 Å². The Hall–Kier alpha value is -4.17. The molecule has 2 aromatic heterocycles. The molecule has 0 saturated carbocycles. The summed E-state index contributed by atoms with van der Waals surface area (Å²) in [6, 6.07) is 36.2. The lowest BCUT2D eigenvalue weighted by molar-refractivity contribution is 0.669. The number of pyridine rings is 1. The van der Waals surface area contributed by atoms with Crippen LogP contribution in [0.3, 0.4) is 0 Å². The number of aromatic nitrogens is 1. The topological polar surface area (TPSA) is 26.0 Å². The van der Waals surface area contributed by atoms with E-state index in [2.05, 4.69) is 116 Å². The molecule has 0 aliphatic rings. The minimum Gasteiger partial charge on any atom is -0.456 e. The molecule has 2 heterocycles. The fourth-order valence-electron chi connectivity index (χ4n) is 4.67. The van der Waals surface area contributed by atoms with Crippen molar-refractivity contribution in [2.45, 2.75) is 19.8 Å². The Balaban J connectivity index is 1.59. The van der Waals surface area contributed by atoms with Crippen molar-refractivity contribution in [3.8, 4) is 33.5 Å². The average molecular weight is 440 g/mol. The molecule has 0 saturated heterocycles. The molecular weight excluding hydrogens is 414 g/mol. The molecule has 2 nitrogen and oxygen atoms in total. The minimum absolute atomic E-state index is 0.460. The molecule has 6 aromatic rings. The summed E-state index contributed by atoms with van der Waals surface area (Å²) in [6.07, 6.45) is 1.90. The highest BCUT2D eigenvalue weighted by Crippen LogP contribution is 2.41. The Morgan fingerprint density at radius 1 is 0.618 bits per heavy atom. The third kappa shape index (κ3) is 3.58. The lowest BCUT2D eigenvalue weighted by Gasteiger charge is -2.09. The van der Waals surface area contributed by atoms with Crippen molar-refractivity contribution in [1.82, 2.24) is 4.98 Å². The second-order valence-corrected chi connectivity index (χ2v) is 9.07. The third-order valence-electron chi connectivity index (χ3n) is 6.51. The van der Waals surface area contributed by atoms with Crippen molar-refractivity contribution in [3.63, 3.8) is 0 Å². The number of rotatable bonds is 4. The summed E-state index contributed by atoms with van der Waals surface area (Å²) < 4.78 is 6.49. The minimum atomic E-state index is 0.460. The SMILES string of the molecule is CC(C)c1ccnc(-c2ccc3c(c2)oc2cc(-c4ccccc4)cc(-c4ccccc4)c23)c1. The van der Waals surface area contributed by atoms with Crippen LogP contribution in [0, 0.1) is 0 Å². The Morgan fingerprint density at radius 2 is 1.32 bits per heavy atom. The molecule has 0 amide bonds. The van der Waals surface area contributed by atoms with Crippen molar-refractivity contribution in [1.29, 1.82) is 0 Å². The van der Waals surface area contributed by atoms with Crippen LogP contribution in [0.4, 0.5) is 0 Å². The smallest absolute Gasteiger partial charge is 0.136 e. The number of fused-ring (bicyclic) bond motifs is 3. The van der Waals surface area contributed by atoms with Crippen molar-refractivity contribution in [2.75, 3.05) is 0 Å². The van der Waals surface area contributed by atoms with E-state index in [4.69, 9.17) is 4.42 Å². The molecule has 164 valence electrons. The second kappa shape index (κ2) is 8.31. The lowest BCUT2D eigenvalue weighted by atomic mass is 9.94. The van der Waals surface area contributed by atoms with E-state index in [-0.39, 0.29) is 0 Å². The Morgan fingerprint density at radius 3 is 2.06 bits per heavy atom. The maximum Gasteiger partial charge on any atom is 0.136 e. The zero-order chi connectivity index (χ0) is 23.1. The van der Waals surface area contributed by atoms with Crippen LogP contribution in [-0.2, 0) is 0 Å². The molecule has 0 radical (unpaired) electrons. The number of benzene rings is 4. The van der Waals surface area contributed by atoms with Gasteiger partial charge in [0.2, 0.25) is 0 Å². The van der Waals surface area contributed by atoms with E-state index in [1.54, 1.807) is 0 Å². The molecule has 34 heavy (non-hydrogen) atoms. The van der Waals surface area contributed by atoms with E-state index in [1.165, 1.54) is 22.3 Å².